The minimum Gasteiger partial charge on any atom is -0.489 e. The smallest absolute Gasteiger partial charge is 0.119 e. The number of aryl methyl sites for hydroxylation is 1. The van der Waals surface area contributed by atoms with E-state index in [2.05, 4.69) is 62.1 Å². The van der Waals surface area contributed by atoms with Crippen molar-refractivity contribution in [3.05, 3.63) is 66.7 Å². The Morgan fingerprint density at radius 1 is 1.05 bits per heavy atom. The van der Waals surface area contributed by atoms with Crippen molar-refractivity contribution in [1.29, 1.82) is 0 Å². The fourth-order valence-electron chi connectivity index (χ4n) is 2.13. The van der Waals surface area contributed by atoms with Gasteiger partial charge in [0.1, 0.15) is 11.9 Å². The highest BCUT2D eigenvalue weighted by Crippen LogP contribution is 2.23. The predicted molar refractivity (Wildman–Crippen MR) is 89.8 cm³/mol. The molecule has 2 aromatic rings. The summed E-state index contributed by atoms with van der Waals surface area (Å²) in [4.78, 5) is 0. The van der Waals surface area contributed by atoms with Gasteiger partial charge in [-0.3, -0.25) is 0 Å². The molecule has 0 aliphatic heterocycles. The van der Waals surface area contributed by atoms with Crippen molar-refractivity contribution in [2.45, 2.75) is 20.0 Å². The minimum atomic E-state index is 0.134. The molecule has 2 rings (SSSR count). The van der Waals surface area contributed by atoms with Crippen molar-refractivity contribution in [2.75, 3.05) is 13.1 Å². The molecule has 0 aliphatic rings. The van der Waals surface area contributed by atoms with E-state index in [1.54, 1.807) is 0 Å². The van der Waals surface area contributed by atoms with E-state index in [0.29, 0.717) is 0 Å². The standard InChI is InChI=1S/C19H23NO/c1-4-13-20-14-16(3)21-19-11-9-18(10-12-19)17-7-5-15(2)6-8-17/h4-12,16,20H,1,13-14H2,2-3H3. The lowest BCUT2D eigenvalue weighted by molar-refractivity contribution is 0.219. The van der Waals surface area contributed by atoms with E-state index in [-0.39, 0.29) is 6.10 Å². The van der Waals surface area contributed by atoms with Gasteiger partial charge in [-0.15, -0.1) is 6.58 Å². The van der Waals surface area contributed by atoms with E-state index < -0.39 is 0 Å². The lowest BCUT2D eigenvalue weighted by Gasteiger charge is -2.15. The number of hydrogen-bond donors (Lipinski definition) is 1. The van der Waals surface area contributed by atoms with Gasteiger partial charge in [0, 0.05) is 13.1 Å². The summed E-state index contributed by atoms with van der Waals surface area (Å²) >= 11 is 0. The molecule has 1 unspecified atom stereocenters. The summed E-state index contributed by atoms with van der Waals surface area (Å²) in [7, 11) is 0. The van der Waals surface area contributed by atoms with Crippen LogP contribution in [0.5, 0.6) is 5.75 Å². The van der Waals surface area contributed by atoms with Crippen LogP contribution in [-0.4, -0.2) is 19.2 Å². The number of rotatable bonds is 7. The second-order valence-corrected chi connectivity index (χ2v) is 5.27. The molecule has 1 atom stereocenters. The molecule has 0 spiro atoms. The first-order valence-electron chi connectivity index (χ1n) is 7.34. The molecule has 2 heteroatoms. The summed E-state index contributed by atoms with van der Waals surface area (Å²) in [5.41, 5.74) is 3.71. The van der Waals surface area contributed by atoms with Gasteiger partial charge >= 0.3 is 0 Å². The largest absolute Gasteiger partial charge is 0.489 e. The van der Waals surface area contributed by atoms with E-state index in [9.17, 15) is 0 Å². The molecule has 0 bridgehead atoms. The Morgan fingerprint density at radius 2 is 1.62 bits per heavy atom. The first-order chi connectivity index (χ1) is 10.2. The van der Waals surface area contributed by atoms with Crippen molar-refractivity contribution in [1.82, 2.24) is 5.32 Å². The summed E-state index contributed by atoms with van der Waals surface area (Å²) < 4.78 is 5.87. The van der Waals surface area contributed by atoms with Crippen LogP contribution >= 0.6 is 0 Å². The molecular weight excluding hydrogens is 258 g/mol. The Kier molecular flexibility index (Phi) is 5.59. The van der Waals surface area contributed by atoms with Crippen molar-refractivity contribution in [3.8, 4) is 16.9 Å². The van der Waals surface area contributed by atoms with Gasteiger partial charge in [0.15, 0.2) is 0 Å². The van der Waals surface area contributed by atoms with E-state index in [1.807, 2.05) is 18.2 Å². The van der Waals surface area contributed by atoms with Crippen LogP contribution in [0.2, 0.25) is 0 Å². The monoisotopic (exact) mass is 281 g/mol. The summed E-state index contributed by atoms with van der Waals surface area (Å²) in [5, 5.41) is 3.25. The molecule has 2 nitrogen and oxygen atoms in total. The van der Waals surface area contributed by atoms with Gasteiger partial charge in [0.2, 0.25) is 0 Å². The van der Waals surface area contributed by atoms with Crippen LogP contribution in [0.3, 0.4) is 0 Å². The fourth-order valence-corrected chi connectivity index (χ4v) is 2.13. The zero-order valence-corrected chi connectivity index (χ0v) is 12.8. The van der Waals surface area contributed by atoms with Crippen molar-refractivity contribution >= 4 is 0 Å². The second-order valence-electron chi connectivity index (χ2n) is 5.27. The Balaban J connectivity index is 1.95. The molecule has 21 heavy (non-hydrogen) atoms. The zero-order valence-electron chi connectivity index (χ0n) is 12.8. The molecular formula is C19H23NO. The van der Waals surface area contributed by atoms with E-state index in [4.69, 9.17) is 4.74 Å². The molecule has 110 valence electrons. The van der Waals surface area contributed by atoms with Crippen LogP contribution in [0.1, 0.15) is 12.5 Å². The van der Waals surface area contributed by atoms with Gasteiger partial charge in [0.05, 0.1) is 0 Å². The highest BCUT2D eigenvalue weighted by molar-refractivity contribution is 5.64. The highest BCUT2D eigenvalue weighted by atomic mass is 16.5. The molecule has 1 N–H and O–H groups in total. The number of ether oxygens (including phenoxy) is 1. The van der Waals surface area contributed by atoms with E-state index in [0.717, 1.165) is 18.8 Å². The Morgan fingerprint density at radius 3 is 2.19 bits per heavy atom. The minimum absolute atomic E-state index is 0.134. The summed E-state index contributed by atoms with van der Waals surface area (Å²) in [6.07, 6.45) is 1.98. The lowest BCUT2D eigenvalue weighted by atomic mass is 10.0. The molecule has 0 saturated heterocycles. The SMILES string of the molecule is C=CCNCC(C)Oc1ccc(-c2ccc(C)cc2)cc1. The third-order valence-corrected chi connectivity index (χ3v) is 3.30. The lowest BCUT2D eigenvalue weighted by Crippen LogP contribution is -2.28. The summed E-state index contributed by atoms with van der Waals surface area (Å²) in [6, 6.07) is 16.8. The Hall–Kier alpha value is -2.06. The number of hydrogen-bond acceptors (Lipinski definition) is 2. The second kappa shape index (κ2) is 7.65. The van der Waals surface area contributed by atoms with Crippen molar-refractivity contribution < 1.29 is 4.74 Å². The van der Waals surface area contributed by atoms with Gasteiger partial charge in [-0.1, -0.05) is 48.0 Å². The molecule has 2 aromatic carbocycles. The first-order valence-corrected chi connectivity index (χ1v) is 7.34. The maximum atomic E-state index is 5.87. The van der Waals surface area contributed by atoms with Gasteiger partial charge in [-0.2, -0.15) is 0 Å². The molecule has 0 aliphatic carbocycles. The predicted octanol–water partition coefficient (Wildman–Crippen LogP) is 4.20. The molecule has 0 heterocycles. The van der Waals surface area contributed by atoms with Gasteiger partial charge in [-0.05, 0) is 37.1 Å². The van der Waals surface area contributed by atoms with Crippen LogP contribution in [0.25, 0.3) is 11.1 Å². The van der Waals surface area contributed by atoms with E-state index in [1.165, 1.54) is 16.7 Å². The quantitative estimate of drug-likeness (QED) is 0.606. The highest BCUT2D eigenvalue weighted by Gasteiger charge is 2.04. The van der Waals surface area contributed by atoms with Crippen molar-refractivity contribution in [2.24, 2.45) is 0 Å². The molecule has 0 fully saturated rings. The number of benzene rings is 2. The van der Waals surface area contributed by atoms with Gasteiger partial charge in [0.25, 0.3) is 0 Å². The summed E-state index contributed by atoms with van der Waals surface area (Å²) in [6.45, 7) is 9.46. The third kappa shape index (κ3) is 4.76. The molecule has 0 saturated carbocycles. The molecule has 0 amide bonds. The van der Waals surface area contributed by atoms with Crippen molar-refractivity contribution in [3.63, 3.8) is 0 Å². The maximum Gasteiger partial charge on any atom is 0.119 e. The average Bonchev–Trinajstić information content (AvgIpc) is 2.49. The Labute approximate surface area is 127 Å². The van der Waals surface area contributed by atoms with Crippen LogP contribution in [0.15, 0.2) is 61.2 Å². The van der Waals surface area contributed by atoms with Crippen LogP contribution in [-0.2, 0) is 0 Å². The fraction of sp³-hybridized carbons (Fsp3) is 0.263. The topological polar surface area (TPSA) is 21.3 Å². The van der Waals surface area contributed by atoms with E-state index >= 15 is 0 Å². The first kappa shape index (κ1) is 15.3. The van der Waals surface area contributed by atoms with Crippen LogP contribution in [0.4, 0.5) is 0 Å². The van der Waals surface area contributed by atoms with Crippen LogP contribution in [0, 0.1) is 6.92 Å². The normalized spacial score (nSPS) is 11.9. The average molecular weight is 281 g/mol. The zero-order chi connectivity index (χ0) is 15.1. The van der Waals surface area contributed by atoms with Gasteiger partial charge < -0.3 is 10.1 Å². The van der Waals surface area contributed by atoms with Crippen LogP contribution < -0.4 is 10.1 Å². The molecule has 0 radical (unpaired) electrons. The third-order valence-electron chi connectivity index (χ3n) is 3.30. The molecule has 0 aromatic heterocycles. The Bertz CT molecular complexity index is 557. The maximum absolute atomic E-state index is 5.87. The number of nitrogens with one attached hydrogen (secondary N) is 1. The summed E-state index contributed by atoms with van der Waals surface area (Å²) in [5.74, 6) is 0.902. The van der Waals surface area contributed by atoms with Gasteiger partial charge in [-0.25, -0.2) is 0 Å².